The number of thiophene rings is 1. The van der Waals surface area contributed by atoms with Crippen molar-refractivity contribution >= 4 is 39.1 Å². The third-order valence-electron chi connectivity index (χ3n) is 6.13. The zero-order chi connectivity index (χ0) is 22.1. The zero-order valence-corrected chi connectivity index (χ0v) is 18.8. The highest BCUT2D eigenvalue weighted by Gasteiger charge is 2.61. The van der Waals surface area contributed by atoms with Crippen LogP contribution in [0, 0.1) is 0 Å². The zero-order valence-electron chi connectivity index (χ0n) is 18.0. The quantitative estimate of drug-likeness (QED) is 0.495. The van der Waals surface area contributed by atoms with Crippen molar-refractivity contribution in [3.05, 3.63) is 41.4 Å². The predicted octanol–water partition coefficient (Wildman–Crippen LogP) is 3.59. The Bertz CT molecular complexity index is 1370. The average Bonchev–Trinajstić information content (AvgIpc) is 3.48. The SMILES string of the molecule is CC(C)Oc1nc2nc(C34COC(C)(C3)C4)cn2cc1C(=O)Nc1csc2nccnc12. The van der Waals surface area contributed by atoms with Crippen molar-refractivity contribution in [3.8, 4) is 5.88 Å². The Morgan fingerprint density at radius 3 is 2.81 bits per heavy atom. The van der Waals surface area contributed by atoms with Crippen LogP contribution in [0.4, 0.5) is 5.69 Å². The van der Waals surface area contributed by atoms with Crippen LogP contribution in [0.15, 0.2) is 30.2 Å². The highest BCUT2D eigenvalue weighted by molar-refractivity contribution is 7.17. The molecule has 0 spiro atoms. The standard InChI is InChI=1S/C22H22N6O3S/c1-12(2)31-18-13(17(29)25-14-8-32-19-16(14)23-4-5-24-19)6-28-7-15(26-20(28)27-18)22-9-21(3,10-22)30-11-22/h4-8,12H,9-11H2,1-3H3,(H,25,29). The molecule has 0 radical (unpaired) electrons. The van der Waals surface area contributed by atoms with Crippen LogP contribution in [0.1, 0.15) is 49.7 Å². The van der Waals surface area contributed by atoms with Gasteiger partial charge in [-0.2, -0.15) is 4.98 Å². The van der Waals surface area contributed by atoms with Crippen molar-refractivity contribution in [2.75, 3.05) is 11.9 Å². The molecule has 0 aromatic carbocycles. The molecule has 3 aliphatic rings. The van der Waals surface area contributed by atoms with Crippen LogP contribution in [0.3, 0.4) is 0 Å². The minimum absolute atomic E-state index is 0.0353. The van der Waals surface area contributed by atoms with Gasteiger partial charge in [-0.15, -0.1) is 11.3 Å². The van der Waals surface area contributed by atoms with Gasteiger partial charge in [0.25, 0.3) is 5.91 Å². The lowest BCUT2D eigenvalue weighted by atomic mass is 9.62. The van der Waals surface area contributed by atoms with Gasteiger partial charge in [0.15, 0.2) is 0 Å². The molecule has 1 saturated carbocycles. The third-order valence-corrected chi connectivity index (χ3v) is 7.00. The number of rotatable bonds is 5. The van der Waals surface area contributed by atoms with Gasteiger partial charge < -0.3 is 14.8 Å². The van der Waals surface area contributed by atoms with Crippen LogP contribution in [-0.2, 0) is 10.2 Å². The Morgan fingerprint density at radius 2 is 2.06 bits per heavy atom. The largest absolute Gasteiger partial charge is 0.474 e. The molecule has 32 heavy (non-hydrogen) atoms. The van der Waals surface area contributed by atoms with E-state index >= 15 is 0 Å². The van der Waals surface area contributed by atoms with Gasteiger partial charge in [-0.3, -0.25) is 9.20 Å². The molecule has 164 valence electrons. The lowest BCUT2D eigenvalue weighted by molar-refractivity contribution is 0.0154. The van der Waals surface area contributed by atoms with E-state index in [9.17, 15) is 4.79 Å². The second-order valence-corrected chi connectivity index (χ2v) is 10.0. The molecule has 2 saturated heterocycles. The maximum Gasteiger partial charge on any atom is 0.262 e. The summed E-state index contributed by atoms with van der Waals surface area (Å²) in [5.74, 6) is 0.439. The molecule has 7 rings (SSSR count). The fraction of sp³-hybridized carbons (Fsp3) is 0.409. The molecule has 6 heterocycles. The number of nitrogens with one attached hydrogen (secondary N) is 1. The van der Waals surface area contributed by atoms with E-state index in [2.05, 4.69) is 27.2 Å². The first kappa shape index (κ1) is 19.6. The van der Waals surface area contributed by atoms with Gasteiger partial charge in [-0.05, 0) is 33.6 Å². The first-order valence-electron chi connectivity index (χ1n) is 10.5. The summed E-state index contributed by atoms with van der Waals surface area (Å²) in [4.78, 5) is 32.0. The van der Waals surface area contributed by atoms with Crippen molar-refractivity contribution in [2.45, 2.75) is 50.7 Å². The summed E-state index contributed by atoms with van der Waals surface area (Å²) in [5.41, 5.74) is 2.46. The smallest absolute Gasteiger partial charge is 0.262 e. The van der Waals surface area contributed by atoms with Crippen LogP contribution in [0.5, 0.6) is 5.88 Å². The summed E-state index contributed by atoms with van der Waals surface area (Å²) in [7, 11) is 0. The van der Waals surface area contributed by atoms with Gasteiger partial charge in [-0.1, -0.05) is 0 Å². The monoisotopic (exact) mass is 450 g/mol. The minimum Gasteiger partial charge on any atom is -0.474 e. The van der Waals surface area contributed by atoms with Crippen LogP contribution >= 0.6 is 11.3 Å². The number of amides is 1. The molecule has 3 fully saturated rings. The van der Waals surface area contributed by atoms with Crippen molar-refractivity contribution in [1.29, 1.82) is 0 Å². The number of ether oxygens (including phenoxy) is 2. The van der Waals surface area contributed by atoms with Crippen molar-refractivity contribution in [1.82, 2.24) is 24.3 Å². The lowest BCUT2D eigenvalue weighted by Gasteiger charge is -2.41. The molecule has 1 N–H and O–H groups in total. The topological polar surface area (TPSA) is 104 Å². The van der Waals surface area contributed by atoms with E-state index in [-0.39, 0.29) is 28.9 Å². The molecule has 0 unspecified atom stereocenters. The number of aromatic nitrogens is 5. The van der Waals surface area contributed by atoms with E-state index in [4.69, 9.17) is 14.5 Å². The first-order valence-corrected chi connectivity index (χ1v) is 11.4. The molecule has 0 atom stereocenters. The number of nitrogens with zero attached hydrogens (tertiary/aromatic N) is 5. The van der Waals surface area contributed by atoms with Crippen LogP contribution < -0.4 is 10.1 Å². The molecule has 1 aliphatic carbocycles. The van der Waals surface area contributed by atoms with E-state index < -0.39 is 0 Å². The van der Waals surface area contributed by atoms with Gasteiger partial charge in [0, 0.05) is 35.6 Å². The summed E-state index contributed by atoms with van der Waals surface area (Å²) >= 11 is 1.43. The molecule has 4 aromatic rings. The Hall–Kier alpha value is -3.11. The molecular weight excluding hydrogens is 428 g/mol. The third kappa shape index (κ3) is 2.97. The second kappa shape index (κ2) is 6.69. The molecule has 2 bridgehead atoms. The molecule has 2 aliphatic heterocycles. The molecule has 9 nitrogen and oxygen atoms in total. The van der Waals surface area contributed by atoms with Gasteiger partial charge in [0.2, 0.25) is 11.7 Å². The Morgan fingerprint density at radius 1 is 1.25 bits per heavy atom. The average molecular weight is 451 g/mol. The van der Waals surface area contributed by atoms with Crippen molar-refractivity contribution < 1.29 is 14.3 Å². The Balaban J connectivity index is 1.38. The number of carbonyl (C=O) groups is 1. The van der Waals surface area contributed by atoms with E-state index in [1.807, 2.05) is 25.4 Å². The Labute approximate surface area is 187 Å². The predicted molar refractivity (Wildman–Crippen MR) is 119 cm³/mol. The van der Waals surface area contributed by atoms with Gasteiger partial charge >= 0.3 is 0 Å². The summed E-state index contributed by atoms with van der Waals surface area (Å²) < 4.78 is 13.6. The highest BCUT2D eigenvalue weighted by atomic mass is 32.1. The van der Waals surface area contributed by atoms with Crippen molar-refractivity contribution in [3.63, 3.8) is 0 Å². The Kier molecular flexibility index (Phi) is 4.09. The van der Waals surface area contributed by atoms with Crippen LogP contribution in [0.2, 0.25) is 0 Å². The van der Waals surface area contributed by atoms with Gasteiger partial charge in [0.05, 0.1) is 29.7 Å². The summed E-state index contributed by atoms with van der Waals surface area (Å²) in [6, 6.07) is 0. The summed E-state index contributed by atoms with van der Waals surface area (Å²) in [6.07, 6.45) is 8.70. The fourth-order valence-electron chi connectivity index (χ4n) is 4.83. The number of hydrogen-bond acceptors (Lipinski definition) is 8. The van der Waals surface area contributed by atoms with E-state index in [1.165, 1.54) is 11.3 Å². The fourth-order valence-corrected chi connectivity index (χ4v) is 5.62. The van der Waals surface area contributed by atoms with E-state index in [0.29, 0.717) is 29.2 Å². The number of fused-ring (bicyclic) bond motifs is 3. The minimum atomic E-state index is -0.325. The van der Waals surface area contributed by atoms with E-state index in [0.717, 1.165) is 23.4 Å². The number of anilines is 1. The summed E-state index contributed by atoms with van der Waals surface area (Å²) in [5, 5.41) is 4.77. The molecular formula is C22H22N6O3S. The molecule has 4 aromatic heterocycles. The van der Waals surface area contributed by atoms with E-state index in [1.54, 1.807) is 23.0 Å². The lowest BCUT2D eigenvalue weighted by Crippen LogP contribution is -2.45. The maximum atomic E-state index is 13.2. The normalized spacial score (nSPS) is 24.2. The summed E-state index contributed by atoms with van der Waals surface area (Å²) in [6.45, 7) is 6.61. The number of hydrogen-bond donors (Lipinski definition) is 1. The number of carbonyl (C=O) groups excluding carboxylic acids is 1. The second-order valence-electron chi connectivity index (χ2n) is 9.15. The number of imidazole rings is 1. The van der Waals surface area contributed by atoms with Crippen LogP contribution in [0.25, 0.3) is 16.1 Å². The van der Waals surface area contributed by atoms with Gasteiger partial charge in [0.1, 0.15) is 15.9 Å². The maximum absolute atomic E-state index is 13.2. The molecule has 1 amide bonds. The molecule has 10 heteroatoms. The highest BCUT2D eigenvalue weighted by Crippen LogP contribution is 2.58. The first-order chi connectivity index (χ1) is 15.3. The van der Waals surface area contributed by atoms with Gasteiger partial charge in [-0.25, -0.2) is 15.0 Å². The van der Waals surface area contributed by atoms with Crippen LogP contribution in [-0.4, -0.2) is 48.6 Å². The van der Waals surface area contributed by atoms with Crippen molar-refractivity contribution in [2.24, 2.45) is 0 Å².